The fourth-order valence-corrected chi connectivity index (χ4v) is 1.41. The number of phenols is 1. The van der Waals surface area contributed by atoms with Crippen molar-refractivity contribution >= 4 is 17.8 Å². The quantitative estimate of drug-likeness (QED) is 0.610. The predicted molar refractivity (Wildman–Crippen MR) is 64.0 cm³/mol. The molecule has 1 atom stereocenters. The average molecular weight is 267 g/mol. The summed E-state index contributed by atoms with van der Waals surface area (Å²) in [6.45, 7) is 1.58. The first-order valence-corrected chi connectivity index (χ1v) is 5.36. The van der Waals surface area contributed by atoms with Gasteiger partial charge in [-0.2, -0.15) is 0 Å². The van der Waals surface area contributed by atoms with Crippen LogP contribution in [0.1, 0.15) is 22.3 Å². The number of carboxylic acid groups (broad SMARTS) is 2. The van der Waals surface area contributed by atoms with Gasteiger partial charge in [-0.3, -0.25) is 9.59 Å². The van der Waals surface area contributed by atoms with Crippen molar-refractivity contribution < 1.29 is 29.7 Å². The van der Waals surface area contributed by atoms with Crippen LogP contribution in [-0.2, 0) is 9.59 Å². The lowest BCUT2D eigenvalue weighted by atomic mass is 10.1. The van der Waals surface area contributed by atoms with E-state index in [1.807, 2.05) is 0 Å². The fraction of sp³-hybridized carbons (Fsp3) is 0.250. The molecular formula is C12H13NO6. The van der Waals surface area contributed by atoms with Crippen molar-refractivity contribution in [1.82, 2.24) is 5.32 Å². The molecule has 0 aliphatic carbocycles. The van der Waals surface area contributed by atoms with E-state index < -0.39 is 30.3 Å². The lowest BCUT2D eigenvalue weighted by molar-refractivity contribution is -0.145. The molecule has 0 aromatic heterocycles. The van der Waals surface area contributed by atoms with Gasteiger partial charge in [0.15, 0.2) is 0 Å². The SMILES string of the molecule is Cc1cc(C(=O)N[C@H](CC(=O)O)C(=O)O)ccc1O. The van der Waals surface area contributed by atoms with Crippen LogP contribution in [0.5, 0.6) is 5.75 Å². The Morgan fingerprint density at radius 1 is 1.26 bits per heavy atom. The molecule has 0 unspecified atom stereocenters. The number of phenolic OH excluding ortho intramolecular Hbond substituents is 1. The highest BCUT2D eigenvalue weighted by Gasteiger charge is 2.23. The first-order chi connectivity index (χ1) is 8.81. The normalized spacial score (nSPS) is 11.6. The van der Waals surface area contributed by atoms with E-state index in [1.165, 1.54) is 18.2 Å². The second kappa shape index (κ2) is 5.85. The number of aryl methyl sites for hydroxylation is 1. The van der Waals surface area contributed by atoms with E-state index in [9.17, 15) is 19.5 Å². The van der Waals surface area contributed by atoms with Gasteiger partial charge in [0.1, 0.15) is 11.8 Å². The molecule has 7 nitrogen and oxygen atoms in total. The zero-order valence-corrected chi connectivity index (χ0v) is 10.1. The third-order valence-electron chi connectivity index (χ3n) is 2.44. The summed E-state index contributed by atoms with van der Waals surface area (Å²) in [5, 5.41) is 28.8. The Bertz CT molecular complexity index is 525. The Labute approximate surface area is 108 Å². The molecule has 1 rings (SSSR count). The number of hydrogen-bond acceptors (Lipinski definition) is 4. The van der Waals surface area contributed by atoms with Gasteiger partial charge in [0, 0.05) is 5.56 Å². The molecule has 0 bridgehead atoms. The van der Waals surface area contributed by atoms with E-state index >= 15 is 0 Å². The van der Waals surface area contributed by atoms with Crippen molar-refractivity contribution in [2.24, 2.45) is 0 Å². The van der Waals surface area contributed by atoms with Gasteiger partial charge in [-0.1, -0.05) is 0 Å². The molecule has 0 fully saturated rings. The minimum absolute atomic E-state index is 0.0110. The smallest absolute Gasteiger partial charge is 0.326 e. The Hall–Kier alpha value is -2.57. The Morgan fingerprint density at radius 3 is 2.37 bits per heavy atom. The van der Waals surface area contributed by atoms with Gasteiger partial charge in [0.2, 0.25) is 0 Å². The molecule has 1 aromatic rings. The topological polar surface area (TPSA) is 124 Å². The van der Waals surface area contributed by atoms with E-state index in [-0.39, 0.29) is 11.3 Å². The highest BCUT2D eigenvalue weighted by molar-refractivity contribution is 5.97. The lowest BCUT2D eigenvalue weighted by Gasteiger charge is -2.12. The van der Waals surface area contributed by atoms with E-state index in [1.54, 1.807) is 6.92 Å². The van der Waals surface area contributed by atoms with Crippen molar-refractivity contribution in [2.45, 2.75) is 19.4 Å². The summed E-state index contributed by atoms with van der Waals surface area (Å²) in [6, 6.07) is 2.50. The maximum atomic E-state index is 11.8. The molecule has 0 radical (unpaired) electrons. The molecule has 0 saturated heterocycles. The number of aromatic hydroxyl groups is 1. The first kappa shape index (κ1) is 14.5. The number of aliphatic carboxylic acids is 2. The summed E-state index contributed by atoms with van der Waals surface area (Å²) in [5.41, 5.74) is 0.602. The van der Waals surface area contributed by atoms with Crippen LogP contribution in [0.4, 0.5) is 0 Å². The summed E-state index contributed by atoms with van der Waals surface area (Å²) in [7, 11) is 0. The van der Waals surface area contributed by atoms with Gasteiger partial charge in [-0.25, -0.2) is 4.79 Å². The van der Waals surface area contributed by atoms with E-state index in [0.717, 1.165) is 0 Å². The number of carbonyl (C=O) groups is 3. The third kappa shape index (κ3) is 3.98. The highest BCUT2D eigenvalue weighted by Crippen LogP contribution is 2.16. The van der Waals surface area contributed by atoms with Gasteiger partial charge >= 0.3 is 11.9 Å². The molecule has 0 spiro atoms. The second-order valence-corrected chi connectivity index (χ2v) is 3.96. The van der Waals surface area contributed by atoms with Gasteiger partial charge in [0.05, 0.1) is 6.42 Å². The average Bonchev–Trinajstić information content (AvgIpc) is 2.31. The molecule has 0 heterocycles. The largest absolute Gasteiger partial charge is 0.508 e. The van der Waals surface area contributed by atoms with Crippen molar-refractivity contribution in [3.8, 4) is 5.75 Å². The predicted octanol–water partition coefficient (Wildman–Crippen LogP) is 0.358. The van der Waals surface area contributed by atoms with Gasteiger partial charge in [-0.15, -0.1) is 0 Å². The van der Waals surface area contributed by atoms with Crippen LogP contribution < -0.4 is 5.32 Å². The Balaban J connectivity index is 2.84. The molecule has 102 valence electrons. The molecule has 0 aliphatic rings. The number of hydrogen-bond donors (Lipinski definition) is 4. The van der Waals surface area contributed by atoms with E-state index in [0.29, 0.717) is 5.56 Å². The summed E-state index contributed by atoms with van der Waals surface area (Å²) < 4.78 is 0. The number of carboxylic acids is 2. The zero-order valence-electron chi connectivity index (χ0n) is 10.1. The zero-order chi connectivity index (χ0) is 14.6. The highest BCUT2D eigenvalue weighted by atomic mass is 16.4. The van der Waals surface area contributed by atoms with Crippen molar-refractivity contribution in [1.29, 1.82) is 0 Å². The van der Waals surface area contributed by atoms with Crippen LogP contribution in [0, 0.1) is 6.92 Å². The molecule has 1 aromatic carbocycles. The number of amides is 1. The minimum Gasteiger partial charge on any atom is -0.508 e. The monoisotopic (exact) mass is 267 g/mol. The molecule has 0 aliphatic heterocycles. The van der Waals surface area contributed by atoms with Crippen LogP contribution in [-0.4, -0.2) is 39.2 Å². The number of benzene rings is 1. The molecule has 1 amide bonds. The minimum atomic E-state index is -1.50. The van der Waals surface area contributed by atoms with Crippen LogP contribution in [0.2, 0.25) is 0 Å². The lowest BCUT2D eigenvalue weighted by Crippen LogP contribution is -2.42. The summed E-state index contributed by atoms with van der Waals surface area (Å²) >= 11 is 0. The van der Waals surface area contributed by atoms with Crippen molar-refractivity contribution in [3.63, 3.8) is 0 Å². The van der Waals surface area contributed by atoms with Crippen molar-refractivity contribution in [2.75, 3.05) is 0 Å². The third-order valence-corrected chi connectivity index (χ3v) is 2.44. The molecule has 7 heteroatoms. The van der Waals surface area contributed by atoms with Gasteiger partial charge in [-0.05, 0) is 30.7 Å². The summed E-state index contributed by atoms with van der Waals surface area (Å²) in [4.78, 5) is 33.0. The molecule has 4 N–H and O–H groups in total. The van der Waals surface area contributed by atoms with E-state index in [4.69, 9.17) is 10.2 Å². The summed E-state index contributed by atoms with van der Waals surface area (Å²) in [6.07, 6.45) is -0.710. The van der Waals surface area contributed by atoms with Crippen LogP contribution in [0.25, 0.3) is 0 Å². The standard InChI is InChI=1S/C12H13NO6/c1-6-4-7(2-3-9(6)14)11(17)13-8(12(18)19)5-10(15)16/h2-4,8,14H,5H2,1H3,(H,13,17)(H,15,16)(H,18,19)/t8-/m1/s1. The second-order valence-electron chi connectivity index (χ2n) is 3.96. The Kier molecular flexibility index (Phi) is 4.46. The summed E-state index contributed by atoms with van der Waals surface area (Å²) in [5.74, 6) is -3.45. The number of carbonyl (C=O) groups excluding carboxylic acids is 1. The first-order valence-electron chi connectivity index (χ1n) is 5.36. The van der Waals surface area contributed by atoms with Gasteiger partial charge in [0.25, 0.3) is 5.91 Å². The van der Waals surface area contributed by atoms with Crippen LogP contribution >= 0.6 is 0 Å². The molecule has 19 heavy (non-hydrogen) atoms. The number of nitrogens with one attached hydrogen (secondary N) is 1. The maximum absolute atomic E-state index is 11.8. The number of rotatable bonds is 5. The van der Waals surface area contributed by atoms with Crippen LogP contribution in [0.15, 0.2) is 18.2 Å². The fourth-order valence-electron chi connectivity index (χ4n) is 1.41. The van der Waals surface area contributed by atoms with E-state index in [2.05, 4.69) is 5.32 Å². The maximum Gasteiger partial charge on any atom is 0.326 e. The van der Waals surface area contributed by atoms with Gasteiger partial charge < -0.3 is 20.6 Å². The van der Waals surface area contributed by atoms with Crippen molar-refractivity contribution in [3.05, 3.63) is 29.3 Å². The van der Waals surface area contributed by atoms with Crippen LogP contribution in [0.3, 0.4) is 0 Å². The Morgan fingerprint density at radius 2 is 1.89 bits per heavy atom. The molecular weight excluding hydrogens is 254 g/mol. The molecule has 0 saturated carbocycles.